The van der Waals surface area contributed by atoms with E-state index in [4.69, 9.17) is 17.3 Å². The van der Waals surface area contributed by atoms with Crippen LogP contribution < -0.4 is 15.5 Å². The number of aliphatic hydroxyl groups is 4. The van der Waals surface area contributed by atoms with Crippen molar-refractivity contribution in [2.45, 2.75) is 37.3 Å². The summed E-state index contributed by atoms with van der Waals surface area (Å²) in [4.78, 5) is 39.8. The third kappa shape index (κ3) is 4.58. The molecule has 3 amide bonds. The zero-order valence-corrected chi connectivity index (χ0v) is 21.3. The first kappa shape index (κ1) is 28.7. The lowest BCUT2D eigenvalue weighted by Crippen LogP contribution is -2.79. The number of piperidine rings is 1. The van der Waals surface area contributed by atoms with Crippen LogP contribution in [-0.4, -0.2) is 110 Å². The number of fused-ring (bicyclic) bond motifs is 1. The summed E-state index contributed by atoms with van der Waals surface area (Å²) in [7, 11) is 6.00. The number of nitrogens with zero attached hydrogens (tertiary/aromatic N) is 2. The first-order chi connectivity index (χ1) is 19.3. The highest BCUT2D eigenvalue weighted by Gasteiger charge is 2.67. The van der Waals surface area contributed by atoms with Gasteiger partial charge in [-0.2, -0.15) is 0 Å². The number of rotatable bonds is 6. The van der Waals surface area contributed by atoms with E-state index in [1.54, 1.807) is 5.32 Å². The van der Waals surface area contributed by atoms with Crippen molar-refractivity contribution in [1.29, 1.82) is 0 Å². The SMILES string of the molecule is [B]c1c(O)c(CN2CCOCC2)c(O)c(F)c1COc1cccc2c1CN([C@@H]1C(=O)NC(=O)C(O)(O)C1(O)O)C2=O. The monoisotopic (exact) mass is 573 g/mol. The average Bonchev–Trinajstić information content (AvgIpc) is 3.26. The first-order valence-electron chi connectivity index (χ1n) is 12.4. The van der Waals surface area contributed by atoms with E-state index in [9.17, 15) is 45.0 Å². The van der Waals surface area contributed by atoms with Crippen LogP contribution in [-0.2, 0) is 34.0 Å². The predicted octanol–water partition coefficient (Wildman–Crippen LogP) is -3.22. The van der Waals surface area contributed by atoms with Gasteiger partial charge in [0.05, 0.1) is 25.3 Å². The summed E-state index contributed by atoms with van der Waals surface area (Å²) >= 11 is 0. The number of hydrogen-bond acceptors (Lipinski definition) is 12. The van der Waals surface area contributed by atoms with Crippen LogP contribution in [0.5, 0.6) is 17.2 Å². The number of phenols is 2. The third-order valence-electron chi connectivity index (χ3n) is 7.44. The molecule has 1 atom stereocenters. The fourth-order valence-corrected chi connectivity index (χ4v) is 5.07. The summed E-state index contributed by atoms with van der Waals surface area (Å²) in [5, 5.41) is 63.3. The van der Waals surface area contributed by atoms with Crippen molar-refractivity contribution < 1.29 is 58.9 Å². The molecule has 2 aromatic rings. The lowest BCUT2D eigenvalue weighted by Gasteiger charge is -2.44. The van der Waals surface area contributed by atoms with Gasteiger partial charge in [0.25, 0.3) is 23.5 Å². The summed E-state index contributed by atoms with van der Waals surface area (Å²) in [6.45, 7) is 0.786. The Morgan fingerprint density at radius 3 is 2.44 bits per heavy atom. The Bertz CT molecular complexity index is 1420. The van der Waals surface area contributed by atoms with Gasteiger partial charge >= 0.3 is 5.79 Å². The smallest absolute Gasteiger partial charge is 0.303 e. The van der Waals surface area contributed by atoms with Crippen LogP contribution in [0, 0.1) is 5.82 Å². The molecule has 2 aromatic carbocycles. The number of nitrogens with one attached hydrogen (secondary N) is 1. The fraction of sp³-hybridized carbons (Fsp3) is 0.400. The molecule has 0 aromatic heterocycles. The highest BCUT2D eigenvalue weighted by Crippen LogP contribution is 2.38. The lowest BCUT2D eigenvalue weighted by atomic mass is 9.86. The van der Waals surface area contributed by atoms with Crippen LogP contribution in [0.25, 0.3) is 0 Å². The second-order valence-corrected chi connectivity index (χ2v) is 9.89. The van der Waals surface area contributed by atoms with E-state index in [0.29, 0.717) is 31.2 Å². The number of aromatic hydroxyl groups is 2. The molecule has 3 heterocycles. The van der Waals surface area contributed by atoms with Gasteiger partial charge in [-0.15, -0.1) is 0 Å². The minimum Gasteiger partial charge on any atom is -0.508 e. The molecule has 14 nitrogen and oxygen atoms in total. The summed E-state index contributed by atoms with van der Waals surface area (Å²) in [5.41, 5.74) is -0.799. The van der Waals surface area contributed by atoms with Crippen molar-refractivity contribution in [1.82, 2.24) is 15.1 Å². The Morgan fingerprint density at radius 1 is 1.07 bits per heavy atom. The number of morpholine rings is 1. The number of benzene rings is 2. The van der Waals surface area contributed by atoms with Crippen LogP contribution in [0.3, 0.4) is 0 Å². The molecular formula is C25H25BFN3O11. The number of imide groups is 1. The van der Waals surface area contributed by atoms with Crippen molar-refractivity contribution in [3.63, 3.8) is 0 Å². The van der Waals surface area contributed by atoms with E-state index >= 15 is 4.39 Å². The summed E-state index contributed by atoms with van der Waals surface area (Å²) < 4.78 is 26.2. The Morgan fingerprint density at radius 2 is 1.76 bits per heavy atom. The van der Waals surface area contributed by atoms with Gasteiger partial charge in [0.1, 0.15) is 26.0 Å². The van der Waals surface area contributed by atoms with E-state index in [2.05, 4.69) is 0 Å². The van der Waals surface area contributed by atoms with Crippen LogP contribution in [0.2, 0.25) is 0 Å². The third-order valence-corrected chi connectivity index (χ3v) is 7.44. The summed E-state index contributed by atoms with van der Waals surface area (Å²) in [5.74, 6) is -14.2. The van der Waals surface area contributed by atoms with Gasteiger partial charge < -0.3 is 45.0 Å². The number of carbonyl (C=O) groups excluding carboxylic acids is 3. The molecule has 7 N–H and O–H groups in total. The molecule has 0 aliphatic carbocycles. The summed E-state index contributed by atoms with van der Waals surface area (Å²) in [6.07, 6.45) is 0. The molecule has 0 unspecified atom stereocenters. The minimum atomic E-state index is -3.83. The molecule has 5 rings (SSSR count). The Hall–Kier alpha value is -3.80. The number of ether oxygens (including phenoxy) is 2. The molecule has 2 radical (unpaired) electrons. The van der Waals surface area contributed by atoms with Gasteiger partial charge in [-0.05, 0) is 17.6 Å². The molecule has 3 aliphatic rings. The Labute approximate surface area is 232 Å². The molecule has 16 heteroatoms. The predicted molar refractivity (Wildman–Crippen MR) is 133 cm³/mol. The van der Waals surface area contributed by atoms with Crippen LogP contribution >= 0.6 is 0 Å². The Kier molecular flexibility index (Phi) is 7.17. The molecule has 41 heavy (non-hydrogen) atoms. The number of amides is 3. The van der Waals surface area contributed by atoms with Crippen molar-refractivity contribution in [3.05, 3.63) is 46.3 Å². The van der Waals surface area contributed by atoms with Crippen molar-refractivity contribution >= 4 is 31.0 Å². The van der Waals surface area contributed by atoms with Gasteiger partial charge in [0.2, 0.25) is 0 Å². The largest absolute Gasteiger partial charge is 0.508 e. The van der Waals surface area contributed by atoms with Gasteiger partial charge in [-0.3, -0.25) is 24.6 Å². The molecule has 2 saturated heterocycles. The second kappa shape index (κ2) is 10.2. The first-order valence-corrected chi connectivity index (χ1v) is 12.4. The molecule has 0 bridgehead atoms. The molecule has 0 saturated carbocycles. The number of phenolic OH excluding ortho intramolecular Hbond substituents is 2. The zero-order chi connectivity index (χ0) is 29.9. The van der Waals surface area contributed by atoms with Crippen molar-refractivity contribution in [2.24, 2.45) is 0 Å². The topological polar surface area (TPSA) is 210 Å². The van der Waals surface area contributed by atoms with E-state index in [1.807, 2.05) is 4.90 Å². The quantitative estimate of drug-likeness (QED) is 0.104. The lowest BCUT2D eigenvalue weighted by molar-refractivity contribution is -0.355. The second-order valence-electron chi connectivity index (χ2n) is 9.89. The molecule has 2 fully saturated rings. The van der Waals surface area contributed by atoms with E-state index < -0.39 is 65.8 Å². The van der Waals surface area contributed by atoms with Crippen LogP contribution in [0.1, 0.15) is 27.0 Å². The van der Waals surface area contributed by atoms with Crippen LogP contribution in [0.4, 0.5) is 4.39 Å². The van der Waals surface area contributed by atoms with Crippen LogP contribution in [0.15, 0.2) is 18.2 Å². The highest BCUT2D eigenvalue weighted by atomic mass is 19.1. The maximum absolute atomic E-state index is 15.2. The summed E-state index contributed by atoms with van der Waals surface area (Å²) in [6, 6.07) is 1.77. The molecule has 3 aliphatic heterocycles. The average molecular weight is 573 g/mol. The standard InChI is InChI=1S/C25H25BFN3O11/c26-16-14(17(27)19(32)13(18(16)31)8-29-4-6-40-7-5-29)10-41-15-3-1-2-11-12(15)9-30(22(11)34)20-21(33)28-23(35)25(38,39)24(20,36)37/h1-3,20,31-32,36-39H,4-10H2,(H,28,33,35)/t20-/m1/s1. The zero-order valence-electron chi connectivity index (χ0n) is 21.3. The fourth-order valence-electron chi connectivity index (χ4n) is 5.07. The number of hydrogen-bond donors (Lipinski definition) is 7. The van der Waals surface area contributed by atoms with Crippen molar-refractivity contribution in [2.75, 3.05) is 26.3 Å². The van der Waals surface area contributed by atoms with Crippen molar-refractivity contribution in [3.8, 4) is 17.2 Å². The van der Waals surface area contributed by atoms with E-state index in [0.717, 1.165) is 0 Å². The normalized spacial score (nSPS) is 22.0. The number of carbonyl (C=O) groups is 3. The van der Waals surface area contributed by atoms with Gasteiger partial charge in [-0.1, -0.05) is 6.07 Å². The molecular weight excluding hydrogens is 548 g/mol. The number of halogens is 1. The molecule has 216 valence electrons. The van der Waals surface area contributed by atoms with Gasteiger partial charge in [0, 0.05) is 36.3 Å². The maximum atomic E-state index is 15.2. The minimum absolute atomic E-state index is 0.0218. The van der Waals surface area contributed by atoms with Gasteiger partial charge in [0.15, 0.2) is 17.6 Å². The highest BCUT2D eigenvalue weighted by molar-refractivity contribution is 6.35. The van der Waals surface area contributed by atoms with Gasteiger partial charge in [-0.25, -0.2) is 4.39 Å². The van der Waals surface area contributed by atoms with E-state index in [-0.39, 0.29) is 40.0 Å². The maximum Gasteiger partial charge on any atom is 0.303 e. The Balaban J connectivity index is 1.40. The van der Waals surface area contributed by atoms with E-state index in [1.165, 1.54) is 18.2 Å². The molecule has 0 spiro atoms.